The number of rotatable bonds is 1. The van der Waals surface area contributed by atoms with Gasteiger partial charge in [-0.25, -0.2) is 0 Å². The number of hydrogen-bond donors (Lipinski definition) is 0. The minimum Gasteiger partial charge on any atom is -0.304 e. The van der Waals surface area contributed by atoms with Crippen LogP contribution in [0.3, 0.4) is 0 Å². The van der Waals surface area contributed by atoms with Gasteiger partial charge in [-0.3, -0.25) is 9.59 Å². The van der Waals surface area contributed by atoms with Crippen LogP contribution in [0.2, 0.25) is 0 Å². The molecule has 1 heterocycles. The molecule has 1 aliphatic heterocycles. The molecule has 1 atom stereocenters. The molecule has 0 aliphatic carbocycles. The quantitative estimate of drug-likeness (QED) is 0.780. The minimum absolute atomic E-state index is 0.0556. The van der Waals surface area contributed by atoms with Gasteiger partial charge in [-0.05, 0) is 23.8 Å². The van der Waals surface area contributed by atoms with Crippen LogP contribution in [0.15, 0.2) is 53.0 Å². The molecule has 1 unspecified atom stereocenters. The average molecular weight is 344 g/mol. The van der Waals surface area contributed by atoms with E-state index in [0.29, 0.717) is 17.7 Å². The van der Waals surface area contributed by atoms with Gasteiger partial charge in [0.25, 0.3) is 0 Å². The summed E-state index contributed by atoms with van der Waals surface area (Å²) in [5.74, 6) is 0.0116. The van der Waals surface area contributed by atoms with E-state index in [1.165, 1.54) is 6.92 Å². The summed E-state index contributed by atoms with van der Waals surface area (Å²) in [6.45, 7) is 1.54. The largest absolute Gasteiger partial charge is 0.304 e. The molecule has 0 saturated carbocycles. The topological polar surface area (TPSA) is 37.4 Å². The smallest absolute Gasteiger partial charge is 0.224 e. The lowest BCUT2D eigenvalue weighted by Gasteiger charge is -2.36. The highest BCUT2D eigenvalue weighted by molar-refractivity contribution is 9.10. The van der Waals surface area contributed by atoms with Gasteiger partial charge >= 0.3 is 0 Å². The van der Waals surface area contributed by atoms with E-state index in [9.17, 15) is 9.59 Å². The number of amides is 1. The Bertz CT molecular complexity index is 712. The fourth-order valence-electron chi connectivity index (χ4n) is 2.82. The summed E-state index contributed by atoms with van der Waals surface area (Å²) in [4.78, 5) is 26.3. The van der Waals surface area contributed by atoms with Crippen molar-refractivity contribution in [3.63, 3.8) is 0 Å². The molecule has 0 radical (unpaired) electrons. The standard InChI is InChI=1S/C17H14BrNO2/c1-11(20)19-15-8-7-13(18)9-14(15)17(21)10-16(19)12-5-3-2-4-6-12/h2-9,16H,10H2,1H3. The van der Waals surface area contributed by atoms with Crippen LogP contribution in [0.5, 0.6) is 0 Å². The van der Waals surface area contributed by atoms with Crippen LogP contribution in [0, 0.1) is 0 Å². The van der Waals surface area contributed by atoms with Crippen LogP contribution >= 0.6 is 15.9 Å². The summed E-state index contributed by atoms with van der Waals surface area (Å²) >= 11 is 3.38. The first-order valence-corrected chi connectivity index (χ1v) is 7.54. The first-order chi connectivity index (χ1) is 10.1. The van der Waals surface area contributed by atoms with Crippen molar-refractivity contribution in [2.24, 2.45) is 0 Å². The van der Waals surface area contributed by atoms with E-state index in [-0.39, 0.29) is 17.7 Å². The van der Waals surface area contributed by atoms with Gasteiger partial charge in [0.2, 0.25) is 5.91 Å². The lowest BCUT2D eigenvalue weighted by molar-refractivity contribution is -0.117. The summed E-state index contributed by atoms with van der Waals surface area (Å²) in [5.41, 5.74) is 2.28. The maximum Gasteiger partial charge on any atom is 0.224 e. The van der Waals surface area contributed by atoms with Gasteiger partial charge in [-0.2, -0.15) is 0 Å². The fourth-order valence-corrected chi connectivity index (χ4v) is 3.18. The van der Waals surface area contributed by atoms with Gasteiger partial charge in [0.1, 0.15) is 0 Å². The first kappa shape index (κ1) is 14.0. The highest BCUT2D eigenvalue weighted by Gasteiger charge is 2.34. The van der Waals surface area contributed by atoms with E-state index in [0.717, 1.165) is 10.0 Å². The second-order valence-electron chi connectivity index (χ2n) is 5.10. The van der Waals surface area contributed by atoms with Crippen LogP contribution in [-0.4, -0.2) is 11.7 Å². The van der Waals surface area contributed by atoms with E-state index < -0.39 is 0 Å². The molecular weight excluding hydrogens is 330 g/mol. The molecule has 2 aromatic carbocycles. The van der Waals surface area contributed by atoms with Gasteiger partial charge < -0.3 is 4.90 Å². The molecule has 0 bridgehead atoms. The molecule has 1 aliphatic rings. The molecule has 4 heteroatoms. The zero-order valence-electron chi connectivity index (χ0n) is 11.5. The van der Waals surface area contributed by atoms with E-state index in [1.54, 1.807) is 11.0 Å². The van der Waals surface area contributed by atoms with Crippen LogP contribution in [0.1, 0.15) is 35.3 Å². The Labute approximate surface area is 131 Å². The zero-order valence-corrected chi connectivity index (χ0v) is 13.1. The van der Waals surface area contributed by atoms with E-state index in [4.69, 9.17) is 0 Å². The van der Waals surface area contributed by atoms with Gasteiger partial charge in [-0.1, -0.05) is 46.3 Å². The molecule has 3 rings (SSSR count). The minimum atomic E-state index is -0.232. The number of ketones is 1. The molecule has 3 nitrogen and oxygen atoms in total. The number of carbonyl (C=O) groups is 2. The number of carbonyl (C=O) groups excluding carboxylic acids is 2. The number of Topliss-reactive ketones (excluding diaryl/α,β-unsaturated/α-hetero) is 1. The Morgan fingerprint density at radius 2 is 1.90 bits per heavy atom. The van der Waals surface area contributed by atoms with E-state index >= 15 is 0 Å². The highest BCUT2D eigenvalue weighted by atomic mass is 79.9. The van der Waals surface area contributed by atoms with Crippen molar-refractivity contribution in [3.8, 4) is 0 Å². The number of fused-ring (bicyclic) bond motifs is 1. The van der Waals surface area contributed by atoms with Gasteiger partial charge in [-0.15, -0.1) is 0 Å². The van der Waals surface area contributed by atoms with Crippen LogP contribution in [-0.2, 0) is 4.79 Å². The number of anilines is 1. The van der Waals surface area contributed by atoms with Gasteiger partial charge in [0.15, 0.2) is 5.78 Å². The number of nitrogens with zero attached hydrogens (tertiary/aromatic N) is 1. The van der Waals surface area contributed by atoms with Gasteiger partial charge in [0, 0.05) is 23.4 Å². The second-order valence-corrected chi connectivity index (χ2v) is 6.02. The average Bonchev–Trinajstić information content (AvgIpc) is 2.48. The van der Waals surface area contributed by atoms with Crippen LogP contribution in [0.4, 0.5) is 5.69 Å². The van der Waals surface area contributed by atoms with Crippen molar-refractivity contribution in [2.45, 2.75) is 19.4 Å². The maximum absolute atomic E-state index is 12.4. The molecule has 1 amide bonds. The third-order valence-electron chi connectivity index (χ3n) is 3.73. The van der Waals surface area contributed by atoms with Crippen LogP contribution < -0.4 is 4.90 Å². The molecule has 0 N–H and O–H groups in total. The van der Waals surface area contributed by atoms with Crippen molar-refractivity contribution in [3.05, 3.63) is 64.1 Å². The highest BCUT2D eigenvalue weighted by Crippen LogP contribution is 2.39. The second kappa shape index (κ2) is 5.45. The monoisotopic (exact) mass is 343 g/mol. The molecule has 0 aromatic heterocycles. The predicted molar refractivity (Wildman–Crippen MR) is 85.4 cm³/mol. The van der Waals surface area contributed by atoms with Crippen molar-refractivity contribution >= 4 is 33.3 Å². The van der Waals surface area contributed by atoms with Crippen molar-refractivity contribution < 1.29 is 9.59 Å². The third-order valence-corrected chi connectivity index (χ3v) is 4.23. The normalized spacial score (nSPS) is 17.5. The molecule has 0 spiro atoms. The third kappa shape index (κ3) is 2.51. The fraction of sp³-hybridized carbons (Fsp3) is 0.176. The van der Waals surface area contributed by atoms with E-state index in [1.807, 2.05) is 42.5 Å². The first-order valence-electron chi connectivity index (χ1n) is 6.75. The van der Waals surface area contributed by atoms with E-state index in [2.05, 4.69) is 15.9 Å². The summed E-state index contributed by atoms with van der Waals surface area (Å²) in [7, 11) is 0. The molecule has 2 aromatic rings. The van der Waals surface area contributed by atoms with Crippen molar-refractivity contribution in [1.29, 1.82) is 0 Å². The summed E-state index contributed by atoms with van der Waals surface area (Å²) in [6, 6.07) is 14.9. The Hall–Kier alpha value is -1.94. The summed E-state index contributed by atoms with van der Waals surface area (Å²) < 4.78 is 0.844. The SMILES string of the molecule is CC(=O)N1c2ccc(Br)cc2C(=O)CC1c1ccccc1. The maximum atomic E-state index is 12.4. The Balaban J connectivity index is 2.15. The Kier molecular flexibility index (Phi) is 3.64. The zero-order chi connectivity index (χ0) is 15.0. The lowest BCUT2D eigenvalue weighted by Crippen LogP contribution is -2.38. The lowest BCUT2D eigenvalue weighted by atomic mass is 9.90. The Morgan fingerprint density at radius 1 is 1.19 bits per heavy atom. The van der Waals surface area contributed by atoms with Crippen LogP contribution in [0.25, 0.3) is 0 Å². The number of hydrogen-bond acceptors (Lipinski definition) is 2. The van der Waals surface area contributed by atoms with Crippen molar-refractivity contribution in [1.82, 2.24) is 0 Å². The molecule has 0 saturated heterocycles. The van der Waals surface area contributed by atoms with Crippen molar-refractivity contribution in [2.75, 3.05) is 4.90 Å². The molecular formula is C17H14BrNO2. The summed E-state index contributed by atoms with van der Waals surface area (Å²) in [6.07, 6.45) is 0.313. The molecule has 0 fully saturated rings. The molecule has 106 valence electrons. The van der Waals surface area contributed by atoms with Gasteiger partial charge in [0.05, 0.1) is 11.7 Å². The Morgan fingerprint density at radius 3 is 2.57 bits per heavy atom. The number of benzene rings is 2. The molecule has 21 heavy (non-hydrogen) atoms. The predicted octanol–water partition coefficient (Wildman–Crippen LogP) is 4.13. The summed E-state index contributed by atoms with van der Waals surface area (Å²) in [5, 5.41) is 0. The number of halogens is 1.